The summed E-state index contributed by atoms with van der Waals surface area (Å²) in [6.45, 7) is 6.14. The van der Waals surface area contributed by atoms with Gasteiger partial charge >= 0.3 is 0 Å². The van der Waals surface area contributed by atoms with Gasteiger partial charge in [0.15, 0.2) is 0 Å². The Balaban J connectivity index is 0.000000753. The molecule has 116 valence electrons. The normalized spacial score (nSPS) is 11.9. The maximum Gasteiger partial charge on any atom is 0.0601 e. The lowest BCUT2D eigenvalue weighted by atomic mass is 10.1. The molecule has 0 fully saturated rings. The molecule has 0 radical (unpaired) electrons. The minimum absolute atomic E-state index is 1.22. The average Bonchev–Trinajstić information content (AvgIpc) is 2.61. The number of hydrogen-bond acceptors (Lipinski definition) is 2. The summed E-state index contributed by atoms with van der Waals surface area (Å²) in [5.41, 5.74) is 5.01. The Bertz CT molecular complexity index is 765. The summed E-state index contributed by atoms with van der Waals surface area (Å²) in [4.78, 5) is 4.96. The van der Waals surface area contributed by atoms with E-state index in [2.05, 4.69) is 84.6 Å². The number of benzene rings is 3. The van der Waals surface area contributed by atoms with E-state index in [0.717, 1.165) is 0 Å². The van der Waals surface area contributed by atoms with Gasteiger partial charge in [0.2, 0.25) is 0 Å². The number of rotatable bonds is 1. The Morgan fingerprint density at radius 3 is 1.83 bits per heavy atom. The van der Waals surface area contributed by atoms with Gasteiger partial charge in [0, 0.05) is 15.5 Å². The SMILES string of the molecule is CC.Cc1cccc(N2c3ccccc3Sc3ccccc32)c1. The summed E-state index contributed by atoms with van der Waals surface area (Å²) in [6, 6.07) is 25.9. The van der Waals surface area contributed by atoms with E-state index in [0.29, 0.717) is 0 Å². The minimum Gasteiger partial charge on any atom is -0.308 e. The fourth-order valence-corrected chi connectivity index (χ4v) is 3.81. The highest BCUT2D eigenvalue weighted by Crippen LogP contribution is 2.50. The molecule has 0 saturated carbocycles. The van der Waals surface area contributed by atoms with Gasteiger partial charge in [-0.15, -0.1) is 0 Å². The van der Waals surface area contributed by atoms with Gasteiger partial charge < -0.3 is 4.90 Å². The Morgan fingerprint density at radius 2 is 1.26 bits per heavy atom. The predicted octanol–water partition coefficient (Wildman–Crippen LogP) is 6.96. The molecule has 3 aromatic carbocycles. The third-order valence-corrected chi connectivity index (χ3v) is 4.82. The third kappa shape index (κ3) is 2.99. The lowest BCUT2D eigenvalue weighted by Crippen LogP contribution is -2.14. The number of aryl methyl sites for hydroxylation is 1. The van der Waals surface area contributed by atoms with Crippen molar-refractivity contribution in [1.29, 1.82) is 0 Å². The lowest BCUT2D eigenvalue weighted by molar-refractivity contribution is 1.16. The Labute approximate surface area is 143 Å². The van der Waals surface area contributed by atoms with E-state index in [1.807, 2.05) is 25.6 Å². The van der Waals surface area contributed by atoms with Gasteiger partial charge in [-0.1, -0.05) is 62.0 Å². The summed E-state index contributed by atoms with van der Waals surface area (Å²) < 4.78 is 0. The third-order valence-electron chi connectivity index (χ3n) is 3.69. The van der Waals surface area contributed by atoms with E-state index in [4.69, 9.17) is 0 Å². The highest BCUT2D eigenvalue weighted by molar-refractivity contribution is 7.99. The molecule has 3 aromatic rings. The molecule has 0 unspecified atom stereocenters. The van der Waals surface area contributed by atoms with Crippen LogP contribution >= 0.6 is 11.8 Å². The van der Waals surface area contributed by atoms with Crippen molar-refractivity contribution in [2.75, 3.05) is 4.90 Å². The van der Waals surface area contributed by atoms with Gasteiger partial charge in [0.25, 0.3) is 0 Å². The molecule has 23 heavy (non-hydrogen) atoms. The van der Waals surface area contributed by atoms with Crippen LogP contribution in [0.15, 0.2) is 82.6 Å². The molecule has 0 bridgehead atoms. The zero-order valence-electron chi connectivity index (χ0n) is 13.8. The fraction of sp³-hybridized carbons (Fsp3) is 0.143. The van der Waals surface area contributed by atoms with Crippen molar-refractivity contribution in [2.45, 2.75) is 30.6 Å². The van der Waals surface area contributed by atoms with E-state index >= 15 is 0 Å². The van der Waals surface area contributed by atoms with Crippen LogP contribution in [0.25, 0.3) is 0 Å². The molecule has 4 rings (SSSR count). The van der Waals surface area contributed by atoms with Crippen LogP contribution in [0.5, 0.6) is 0 Å². The first-order valence-corrected chi connectivity index (χ1v) is 8.87. The van der Waals surface area contributed by atoms with Crippen LogP contribution in [0.3, 0.4) is 0 Å². The molecule has 0 aliphatic carbocycles. The van der Waals surface area contributed by atoms with Crippen molar-refractivity contribution < 1.29 is 0 Å². The first-order chi connectivity index (χ1) is 11.3. The molecule has 0 amide bonds. The molecule has 0 aromatic heterocycles. The highest BCUT2D eigenvalue weighted by atomic mass is 32.2. The molecule has 0 saturated heterocycles. The van der Waals surface area contributed by atoms with Crippen molar-refractivity contribution >= 4 is 28.8 Å². The Morgan fingerprint density at radius 1 is 0.696 bits per heavy atom. The van der Waals surface area contributed by atoms with Crippen LogP contribution in [0.2, 0.25) is 0 Å². The van der Waals surface area contributed by atoms with E-state index in [1.54, 1.807) is 0 Å². The van der Waals surface area contributed by atoms with E-state index < -0.39 is 0 Å². The maximum atomic E-state index is 2.36. The molecule has 1 aliphatic heterocycles. The summed E-state index contributed by atoms with van der Waals surface area (Å²) in [5.74, 6) is 0. The van der Waals surface area contributed by atoms with Crippen LogP contribution in [-0.2, 0) is 0 Å². The molecule has 0 spiro atoms. The van der Waals surface area contributed by atoms with Crippen LogP contribution in [-0.4, -0.2) is 0 Å². The zero-order valence-corrected chi connectivity index (χ0v) is 14.6. The standard InChI is InChI=1S/C19H15NS.C2H6/c1-14-7-6-8-15(13-14)20-16-9-2-4-11-18(16)21-19-12-5-3-10-17(19)20;1-2/h2-13H,1H3;1-2H3. The second-order valence-electron chi connectivity index (χ2n) is 5.21. The number of anilines is 3. The van der Waals surface area contributed by atoms with Gasteiger partial charge in [0.1, 0.15) is 0 Å². The quantitative estimate of drug-likeness (QED) is 0.373. The monoisotopic (exact) mass is 319 g/mol. The summed E-state index contributed by atoms with van der Waals surface area (Å²) in [5, 5.41) is 0. The molecular formula is C21H21NS. The second kappa shape index (κ2) is 6.93. The van der Waals surface area contributed by atoms with Crippen LogP contribution in [0.4, 0.5) is 17.1 Å². The lowest BCUT2D eigenvalue weighted by Gasteiger charge is -2.32. The van der Waals surface area contributed by atoms with Crippen LogP contribution in [0, 0.1) is 6.92 Å². The number of nitrogens with zero attached hydrogens (tertiary/aromatic N) is 1. The summed E-state index contributed by atoms with van der Waals surface area (Å²) in [6.07, 6.45) is 0. The smallest absolute Gasteiger partial charge is 0.0601 e. The molecular weight excluding hydrogens is 298 g/mol. The molecule has 0 atom stereocenters. The van der Waals surface area contributed by atoms with Crippen molar-refractivity contribution in [2.24, 2.45) is 0 Å². The van der Waals surface area contributed by atoms with E-state index in [9.17, 15) is 0 Å². The molecule has 1 heterocycles. The molecule has 1 aliphatic rings. The van der Waals surface area contributed by atoms with Gasteiger partial charge in [-0.2, -0.15) is 0 Å². The van der Waals surface area contributed by atoms with Gasteiger partial charge in [-0.3, -0.25) is 0 Å². The zero-order chi connectivity index (χ0) is 16.2. The van der Waals surface area contributed by atoms with Crippen molar-refractivity contribution in [3.8, 4) is 0 Å². The number of para-hydroxylation sites is 2. The fourth-order valence-electron chi connectivity index (χ4n) is 2.75. The molecule has 2 heteroatoms. The highest BCUT2D eigenvalue weighted by Gasteiger charge is 2.23. The van der Waals surface area contributed by atoms with Crippen LogP contribution < -0.4 is 4.90 Å². The number of hydrogen-bond donors (Lipinski definition) is 0. The van der Waals surface area contributed by atoms with Gasteiger partial charge in [0.05, 0.1) is 11.4 Å². The van der Waals surface area contributed by atoms with Gasteiger partial charge in [-0.25, -0.2) is 0 Å². The van der Waals surface area contributed by atoms with E-state index in [1.165, 1.54) is 32.4 Å². The predicted molar refractivity (Wildman–Crippen MR) is 101 cm³/mol. The molecule has 1 nitrogen and oxygen atoms in total. The Hall–Kier alpha value is -2.19. The van der Waals surface area contributed by atoms with Crippen molar-refractivity contribution in [1.82, 2.24) is 0 Å². The summed E-state index contributed by atoms with van der Waals surface area (Å²) in [7, 11) is 0. The largest absolute Gasteiger partial charge is 0.308 e. The topological polar surface area (TPSA) is 3.24 Å². The van der Waals surface area contributed by atoms with Crippen LogP contribution in [0.1, 0.15) is 19.4 Å². The van der Waals surface area contributed by atoms with Gasteiger partial charge in [-0.05, 0) is 48.9 Å². The first kappa shape index (κ1) is 15.7. The molecule has 0 N–H and O–H groups in total. The minimum atomic E-state index is 1.22. The second-order valence-corrected chi connectivity index (χ2v) is 6.30. The van der Waals surface area contributed by atoms with Crippen molar-refractivity contribution in [3.63, 3.8) is 0 Å². The summed E-state index contributed by atoms with van der Waals surface area (Å²) >= 11 is 1.84. The number of fused-ring (bicyclic) bond motifs is 2. The first-order valence-electron chi connectivity index (χ1n) is 8.06. The van der Waals surface area contributed by atoms with Crippen molar-refractivity contribution in [3.05, 3.63) is 78.4 Å². The Kier molecular flexibility index (Phi) is 4.73. The van der Waals surface area contributed by atoms with E-state index in [-0.39, 0.29) is 0 Å². The average molecular weight is 319 g/mol. The maximum absolute atomic E-state index is 2.36.